The van der Waals surface area contributed by atoms with E-state index in [0.29, 0.717) is 12.0 Å². The van der Waals surface area contributed by atoms with E-state index in [1.165, 1.54) is 31.2 Å². The molecule has 22 heavy (non-hydrogen) atoms. The van der Waals surface area contributed by atoms with Gasteiger partial charge in [-0.15, -0.1) is 0 Å². The van der Waals surface area contributed by atoms with Crippen molar-refractivity contribution in [3.05, 3.63) is 41.5 Å². The van der Waals surface area contributed by atoms with Crippen LogP contribution in [0.4, 0.5) is 0 Å². The van der Waals surface area contributed by atoms with Crippen molar-refractivity contribution in [1.29, 1.82) is 0 Å². The van der Waals surface area contributed by atoms with E-state index in [-0.39, 0.29) is 5.91 Å². The molecule has 3 rings (SSSR count). The number of benzene rings is 1. The molecular formula is C20H27NO. The second-order valence-corrected chi connectivity index (χ2v) is 7.06. The summed E-state index contributed by atoms with van der Waals surface area (Å²) in [5.41, 5.74) is 2.41. The van der Waals surface area contributed by atoms with Gasteiger partial charge < -0.3 is 5.32 Å². The van der Waals surface area contributed by atoms with Crippen LogP contribution in [0, 0.1) is 17.8 Å². The Labute approximate surface area is 134 Å². The average Bonchev–Trinajstić information content (AvgIpc) is 3.16. The molecule has 2 aliphatic carbocycles. The molecule has 1 aromatic carbocycles. The monoisotopic (exact) mass is 297 g/mol. The molecule has 0 spiro atoms. The number of carbonyl (C=O) groups is 1. The van der Waals surface area contributed by atoms with Gasteiger partial charge in [0.25, 0.3) is 0 Å². The predicted octanol–water partition coefficient (Wildman–Crippen LogP) is 4.20. The van der Waals surface area contributed by atoms with Crippen molar-refractivity contribution in [1.82, 2.24) is 5.32 Å². The van der Waals surface area contributed by atoms with Crippen molar-refractivity contribution < 1.29 is 4.79 Å². The first-order valence-corrected chi connectivity index (χ1v) is 8.73. The SMILES string of the molecule is CCc1ccc(/C=C/C(=O)N[C@H](C)[C@@H]2C[C@@H]3CC[C@@H]2C3)cc1. The molecule has 1 aromatic rings. The summed E-state index contributed by atoms with van der Waals surface area (Å²) in [7, 11) is 0. The van der Waals surface area contributed by atoms with Crippen LogP contribution < -0.4 is 5.32 Å². The first kappa shape index (κ1) is 15.3. The van der Waals surface area contributed by atoms with Crippen molar-refractivity contribution >= 4 is 12.0 Å². The number of carbonyl (C=O) groups excluding carboxylic acids is 1. The molecule has 0 saturated heterocycles. The summed E-state index contributed by atoms with van der Waals surface area (Å²) in [5, 5.41) is 3.17. The quantitative estimate of drug-likeness (QED) is 0.811. The number of aryl methyl sites for hydroxylation is 1. The first-order valence-electron chi connectivity index (χ1n) is 8.73. The summed E-state index contributed by atoms with van der Waals surface area (Å²) in [5.74, 6) is 2.52. The van der Waals surface area contributed by atoms with Crippen LogP contribution in [0.2, 0.25) is 0 Å². The molecule has 2 nitrogen and oxygen atoms in total. The van der Waals surface area contributed by atoms with Gasteiger partial charge in [-0.2, -0.15) is 0 Å². The van der Waals surface area contributed by atoms with Gasteiger partial charge in [0, 0.05) is 12.1 Å². The third-order valence-electron chi connectivity index (χ3n) is 5.62. The van der Waals surface area contributed by atoms with Gasteiger partial charge in [-0.25, -0.2) is 0 Å². The van der Waals surface area contributed by atoms with E-state index < -0.39 is 0 Å². The number of amides is 1. The topological polar surface area (TPSA) is 29.1 Å². The van der Waals surface area contributed by atoms with E-state index >= 15 is 0 Å². The minimum atomic E-state index is 0.0369. The van der Waals surface area contributed by atoms with Crippen LogP contribution in [-0.2, 0) is 11.2 Å². The lowest BCUT2D eigenvalue weighted by Crippen LogP contribution is -2.39. The van der Waals surface area contributed by atoms with Crippen LogP contribution in [0.5, 0.6) is 0 Å². The molecule has 1 N–H and O–H groups in total. The predicted molar refractivity (Wildman–Crippen MR) is 91.4 cm³/mol. The largest absolute Gasteiger partial charge is 0.350 e. The zero-order valence-electron chi connectivity index (χ0n) is 13.7. The van der Waals surface area contributed by atoms with Gasteiger partial charge in [0.1, 0.15) is 0 Å². The van der Waals surface area contributed by atoms with Gasteiger partial charge in [0.05, 0.1) is 0 Å². The average molecular weight is 297 g/mol. The summed E-state index contributed by atoms with van der Waals surface area (Å²) in [6, 6.07) is 8.68. The smallest absolute Gasteiger partial charge is 0.244 e. The van der Waals surface area contributed by atoms with Crippen LogP contribution in [-0.4, -0.2) is 11.9 Å². The highest BCUT2D eigenvalue weighted by molar-refractivity contribution is 5.91. The Hall–Kier alpha value is -1.57. The highest BCUT2D eigenvalue weighted by Gasteiger charge is 2.41. The van der Waals surface area contributed by atoms with Gasteiger partial charge in [-0.3, -0.25) is 4.79 Å². The van der Waals surface area contributed by atoms with Crippen LogP contribution in [0.1, 0.15) is 50.7 Å². The van der Waals surface area contributed by atoms with Gasteiger partial charge >= 0.3 is 0 Å². The molecular weight excluding hydrogens is 270 g/mol. The molecule has 118 valence electrons. The zero-order chi connectivity index (χ0) is 15.5. The van der Waals surface area contributed by atoms with Crippen LogP contribution in [0.3, 0.4) is 0 Å². The van der Waals surface area contributed by atoms with E-state index in [4.69, 9.17) is 0 Å². The second kappa shape index (κ2) is 6.68. The maximum absolute atomic E-state index is 12.1. The number of fused-ring (bicyclic) bond motifs is 2. The lowest BCUT2D eigenvalue weighted by Gasteiger charge is -2.28. The van der Waals surface area contributed by atoms with Gasteiger partial charge in [-0.05, 0) is 67.6 Å². The third-order valence-corrected chi connectivity index (χ3v) is 5.62. The van der Waals surface area contributed by atoms with Crippen molar-refractivity contribution in [3.63, 3.8) is 0 Å². The Kier molecular flexibility index (Phi) is 4.66. The van der Waals surface area contributed by atoms with Crippen molar-refractivity contribution in [2.75, 3.05) is 0 Å². The van der Waals surface area contributed by atoms with E-state index in [9.17, 15) is 4.79 Å². The molecule has 1 amide bonds. The Bertz CT molecular complexity index is 545. The van der Waals surface area contributed by atoms with E-state index in [0.717, 1.165) is 23.8 Å². The normalized spacial score (nSPS) is 28.2. The molecule has 0 unspecified atom stereocenters. The van der Waals surface area contributed by atoms with Crippen molar-refractivity contribution in [3.8, 4) is 0 Å². The molecule has 2 saturated carbocycles. The van der Waals surface area contributed by atoms with E-state index in [1.807, 2.05) is 6.08 Å². The van der Waals surface area contributed by atoms with E-state index in [1.54, 1.807) is 6.08 Å². The maximum Gasteiger partial charge on any atom is 0.244 e. The summed E-state index contributed by atoms with van der Waals surface area (Å²) in [6.07, 6.45) is 10.1. The fourth-order valence-corrected chi connectivity index (χ4v) is 4.32. The maximum atomic E-state index is 12.1. The Morgan fingerprint density at radius 3 is 2.64 bits per heavy atom. The zero-order valence-corrected chi connectivity index (χ0v) is 13.7. The molecule has 0 radical (unpaired) electrons. The third kappa shape index (κ3) is 3.43. The molecule has 0 aliphatic heterocycles. The van der Waals surface area contributed by atoms with Crippen LogP contribution in [0.25, 0.3) is 6.08 Å². The fraction of sp³-hybridized carbons (Fsp3) is 0.550. The number of nitrogens with one attached hydrogen (secondary N) is 1. The lowest BCUT2D eigenvalue weighted by molar-refractivity contribution is -0.117. The summed E-state index contributed by atoms with van der Waals surface area (Å²) >= 11 is 0. The Balaban J connectivity index is 1.52. The molecule has 0 aromatic heterocycles. The molecule has 4 atom stereocenters. The van der Waals surface area contributed by atoms with Crippen molar-refractivity contribution in [2.24, 2.45) is 17.8 Å². The van der Waals surface area contributed by atoms with Gasteiger partial charge in [-0.1, -0.05) is 37.6 Å². The lowest BCUT2D eigenvalue weighted by atomic mass is 9.84. The number of hydrogen-bond donors (Lipinski definition) is 1. The second-order valence-electron chi connectivity index (χ2n) is 7.06. The molecule has 2 aliphatic rings. The van der Waals surface area contributed by atoms with E-state index in [2.05, 4.69) is 43.4 Å². The standard InChI is InChI=1S/C20H27NO/c1-3-15-4-6-16(7-5-15)9-11-20(22)21-14(2)19-13-17-8-10-18(19)12-17/h4-7,9,11,14,17-19H,3,8,10,12-13H2,1-2H3,(H,21,22)/b11-9+/t14-,17-,18-,19+/m1/s1. The molecule has 2 bridgehead atoms. The number of rotatable bonds is 5. The molecule has 2 fully saturated rings. The number of hydrogen-bond acceptors (Lipinski definition) is 1. The van der Waals surface area contributed by atoms with Crippen LogP contribution >= 0.6 is 0 Å². The fourth-order valence-electron chi connectivity index (χ4n) is 4.32. The molecule has 2 heteroatoms. The highest BCUT2D eigenvalue weighted by atomic mass is 16.1. The van der Waals surface area contributed by atoms with Crippen molar-refractivity contribution in [2.45, 2.75) is 52.0 Å². The van der Waals surface area contributed by atoms with Gasteiger partial charge in [0.15, 0.2) is 0 Å². The molecule has 0 heterocycles. The Morgan fingerprint density at radius 1 is 1.27 bits per heavy atom. The van der Waals surface area contributed by atoms with Gasteiger partial charge in [0.2, 0.25) is 5.91 Å². The van der Waals surface area contributed by atoms with Crippen LogP contribution in [0.15, 0.2) is 30.3 Å². The summed E-state index contributed by atoms with van der Waals surface area (Å²) in [6.45, 7) is 4.32. The summed E-state index contributed by atoms with van der Waals surface area (Å²) in [4.78, 5) is 12.1. The first-order chi connectivity index (χ1) is 10.7. The minimum absolute atomic E-state index is 0.0369. The highest BCUT2D eigenvalue weighted by Crippen LogP contribution is 2.49. The Morgan fingerprint density at radius 2 is 2.05 bits per heavy atom. The minimum Gasteiger partial charge on any atom is -0.350 e. The summed E-state index contributed by atoms with van der Waals surface area (Å²) < 4.78 is 0.